The Kier molecular flexibility index (Phi) is 33.3. The lowest BCUT2D eigenvalue weighted by Gasteiger charge is -2.19. The van der Waals surface area contributed by atoms with Gasteiger partial charge in [-0.25, -0.2) is 4.57 Å². The van der Waals surface area contributed by atoms with Crippen molar-refractivity contribution in [3.8, 4) is 0 Å². The van der Waals surface area contributed by atoms with Gasteiger partial charge in [0.05, 0.1) is 13.2 Å². The highest BCUT2D eigenvalue weighted by Gasteiger charge is 2.25. The lowest BCUT2D eigenvalue weighted by molar-refractivity contribution is -0.161. The standard InChI is InChI=1S/C37H70NO8P/c1-3-5-7-9-11-13-15-16-17-18-20-22-24-26-28-30-37(40)46-35(34-45-47(41,42)44-32-31-38)33-43-36(39)29-27-25-23-21-19-14-12-10-8-6-4-2/h10,12-13,15,35H,3-9,11,14,16-34,38H2,1-2H3,(H,41,42)/b12-10+,15-13+/t35-/m1/s1. The third kappa shape index (κ3) is 34.2. The molecule has 3 N–H and O–H groups in total. The molecule has 2 atom stereocenters. The fraction of sp³-hybridized carbons (Fsp3) is 0.838. The summed E-state index contributed by atoms with van der Waals surface area (Å²) in [7, 11) is -4.37. The summed E-state index contributed by atoms with van der Waals surface area (Å²) in [5.74, 6) is -0.845. The van der Waals surface area contributed by atoms with Gasteiger partial charge in [-0.2, -0.15) is 0 Å². The smallest absolute Gasteiger partial charge is 0.462 e. The monoisotopic (exact) mass is 687 g/mol. The molecule has 47 heavy (non-hydrogen) atoms. The number of carbonyl (C=O) groups is 2. The highest BCUT2D eigenvalue weighted by Crippen LogP contribution is 2.43. The van der Waals surface area contributed by atoms with Crippen LogP contribution in [0, 0.1) is 0 Å². The summed E-state index contributed by atoms with van der Waals surface area (Å²) in [6, 6.07) is 0. The summed E-state index contributed by atoms with van der Waals surface area (Å²) >= 11 is 0. The molecule has 0 aliphatic heterocycles. The van der Waals surface area contributed by atoms with Crippen LogP contribution in [-0.4, -0.2) is 49.3 Å². The predicted molar refractivity (Wildman–Crippen MR) is 192 cm³/mol. The van der Waals surface area contributed by atoms with Crippen molar-refractivity contribution in [2.24, 2.45) is 5.73 Å². The lowest BCUT2D eigenvalue weighted by Crippen LogP contribution is -2.29. The van der Waals surface area contributed by atoms with Crippen molar-refractivity contribution < 1.29 is 37.6 Å². The van der Waals surface area contributed by atoms with Crippen LogP contribution in [0.4, 0.5) is 0 Å². The summed E-state index contributed by atoms with van der Waals surface area (Å²) in [4.78, 5) is 34.6. The molecule has 0 heterocycles. The maximum Gasteiger partial charge on any atom is 0.472 e. The summed E-state index contributed by atoms with van der Waals surface area (Å²) in [5.41, 5.74) is 5.32. The van der Waals surface area contributed by atoms with E-state index in [1.165, 1.54) is 64.2 Å². The second-order valence-corrected chi connectivity index (χ2v) is 13.9. The molecule has 0 aliphatic rings. The molecule has 276 valence electrons. The molecule has 0 amide bonds. The number of hydrogen-bond acceptors (Lipinski definition) is 8. The predicted octanol–water partition coefficient (Wildman–Crippen LogP) is 10.0. The van der Waals surface area contributed by atoms with Crippen molar-refractivity contribution in [3.63, 3.8) is 0 Å². The van der Waals surface area contributed by atoms with E-state index in [0.717, 1.165) is 70.6 Å². The van der Waals surface area contributed by atoms with Crippen molar-refractivity contribution >= 4 is 19.8 Å². The first kappa shape index (κ1) is 45.5. The highest BCUT2D eigenvalue weighted by molar-refractivity contribution is 7.47. The number of phosphoric acid groups is 1. The number of ether oxygens (including phenoxy) is 2. The number of rotatable bonds is 35. The van der Waals surface area contributed by atoms with Gasteiger partial charge in [0, 0.05) is 19.4 Å². The van der Waals surface area contributed by atoms with E-state index in [-0.39, 0.29) is 32.6 Å². The number of unbranched alkanes of at least 4 members (excludes halogenated alkanes) is 18. The fourth-order valence-electron chi connectivity index (χ4n) is 4.96. The van der Waals surface area contributed by atoms with Gasteiger partial charge in [0.1, 0.15) is 6.61 Å². The van der Waals surface area contributed by atoms with Crippen LogP contribution in [0.25, 0.3) is 0 Å². The van der Waals surface area contributed by atoms with Crippen molar-refractivity contribution in [3.05, 3.63) is 24.3 Å². The maximum absolute atomic E-state index is 12.5. The van der Waals surface area contributed by atoms with Gasteiger partial charge in [-0.1, -0.05) is 122 Å². The Morgan fingerprint density at radius 3 is 1.57 bits per heavy atom. The molecule has 0 aromatic carbocycles. The molecular weight excluding hydrogens is 617 g/mol. The van der Waals surface area contributed by atoms with E-state index in [1.807, 2.05) is 0 Å². The quantitative estimate of drug-likeness (QED) is 0.0289. The molecule has 0 fully saturated rings. The van der Waals surface area contributed by atoms with Gasteiger partial charge in [-0.3, -0.25) is 18.6 Å². The third-order valence-electron chi connectivity index (χ3n) is 7.81. The number of carbonyl (C=O) groups excluding carboxylic acids is 2. The van der Waals surface area contributed by atoms with Crippen LogP contribution in [0.2, 0.25) is 0 Å². The van der Waals surface area contributed by atoms with Crippen LogP contribution in [0.5, 0.6) is 0 Å². The molecule has 0 bridgehead atoms. The Morgan fingerprint density at radius 2 is 1.06 bits per heavy atom. The van der Waals surface area contributed by atoms with E-state index < -0.39 is 32.5 Å². The van der Waals surface area contributed by atoms with E-state index in [1.54, 1.807) is 0 Å². The van der Waals surface area contributed by atoms with Crippen LogP contribution in [0.15, 0.2) is 24.3 Å². The average Bonchev–Trinajstić information content (AvgIpc) is 3.05. The number of hydrogen-bond donors (Lipinski definition) is 2. The number of allylic oxidation sites excluding steroid dienone is 4. The first-order valence-corrected chi connectivity index (χ1v) is 20.3. The minimum atomic E-state index is -4.37. The molecular formula is C37H70NO8P. The van der Waals surface area contributed by atoms with Gasteiger partial charge in [-0.05, 0) is 57.8 Å². The Bertz CT molecular complexity index is 835. The fourth-order valence-corrected chi connectivity index (χ4v) is 5.73. The second kappa shape index (κ2) is 34.4. The average molecular weight is 688 g/mol. The van der Waals surface area contributed by atoms with E-state index in [2.05, 4.69) is 38.2 Å². The van der Waals surface area contributed by atoms with Gasteiger partial charge in [0.2, 0.25) is 0 Å². The summed E-state index contributed by atoms with van der Waals surface area (Å²) in [6.07, 6.45) is 33.5. The maximum atomic E-state index is 12.5. The van der Waals surface area contributed by atoms with Crippen LogP contribution >= 0.6 is 7.82 Å². The van der Waals surface area contributed by atoms with Crippen LogP contribution < -0.4 is 5.73 Å². The zero-order valence-corrected chi connectivity index (χ0v) is 30.9. The molecule has 9 nitrogen and oxygen atoms in total. The van der Waals surface area contributed by atoms with E-state index in [0.29, 0.717) is 6.42 Å². The molecule has 0 aromatic heterocycles. The van der Waals surface area contributed by atoms with E-state index >= 15 is 0 Å². The van der Waals surface area contributed by atoms with Crippen LogP contribution in [0.3, 0.4) is 0 Å². The molecule has 0 spiro atoms. The molecule has 10 heteroatoms. The SMILES string of the molecule is CCCC/C=C/CCCCCCCC(=O)OC[C@H](COP(=O)(O)OCCN)OC(=O)CCCCCCCCC/C=C/CCCCCC. The molecule has 0 aromatic rings. The highest BCUT2D eigenvalue weighted by atomic mass is 31.2. The Balaban J connectivity index is 4.24. The van der Waals surface area contributed by atoms with Gasteiger partial charge in [-0.15, -0.1) is 0 Å². The Labute approximate surface area is 287 Å². The minimum absolute atomic E-state index is 0.0522. The van der Waals surface area contributed by atoms with Crippen molar-refractivity contribution in [2.75, 3.05) is 26.4 Å². The first-order chi connectivity index (χ1) is 22.8. The topological polar surface area (TPSA) is 134 Å². The molecule has 0 saturated heterocycles. The summed E-state index contributed by atoms with van der Waals surface area (Å²) in [6.45, 7) is 3.65. The Morgan fingerprint density at radius 1 is 0.617 bits per heavy atom. The second-order valence-electron chi connectivity index (χ2n) is 12.4. The van der Waals surface area contributed by atoms with Gasteiger partial charge in [0.15, 0.2) is 6.10 Å². The summed E-state index contributed by atoms with van der Waals surface area (Å²) < 4.78 is 32.6. The van der Waals surface area contributed by atoms with Crippen LogP contribution in [-0.2, 0) is 32.7 Å². The largest absolute Gasteiger partial charge is 0.472 e. The zero-order chi connectivity index (χ0) is 34.7. The number of phosphoric ester groups is 1. The van der Waals surface area contributed by atoms with Crippen LogP contribution in [0.1, 0.15) is 168 Å². The normalized spacial score (nSPS) is 13.7. The van der Waals surface area contributed by atoms with Crippen molar-refractivity contribution in [1.82, 2.24) is 0 Å². The van der Waals surface area contributed by atoms with E-state index in [9.17, 15) is 19.0 Å². The Hall–Kier alpha value is -1.51. The molecule has 1 unspecified atom stereocenters. The zero-order valence-electron chi connectivity index (χ0n) is 30.0. The van der Waals surface area contributed by atoms with Crippen molar-refractivity contribution in [2.45, 2.75) is 174 Å². The first-order valence-electron chi connectivity index (χ1n) is 18.8. The number of nitrogens with two attached hydrogens (primary N) is 1. The lowest BCUT2D eigenvalue weighted by atomic mass is 10.1. The minimum Gasteiger partial charge on any atom is -0.462 e. The molecule has 0 saturated carbocycles. The molecule has 0 aliphatic carbocycles. The van der Waals surface area contributed by atoms with Gasteiger partial charge < -0.3 is 20.1 Å². The summed E-state index contributed by atoms with van der Waals surface area (Å²) in [5, 5.41) is 0. The van der Waals surface area contributed by atoms with Crippen molar-refractivity contribution in [1.29, 1.82) is 0 Å². The molecule has 0 radical (unpaired) electrons. The van der Waals surface area contributed by atoms with Gasteiger partial charge >= 0.3 is 19.8 Å². The third-order valence-corrected chi connectivity index (χ3v) is 8.79. The van der Waals surface area contributed by atoms with Gasteiger partial charge in [0.25, 0.3) is 0 Å². The van der Waals surface area contributed by atoms with E-state index in [4.69, 9.17) is 24.3 Å². The molecule has 0 rings (SSSR count). The number of esters is 2.